The third-order valence-corrected chi connectivity index (χ3v) is 3.31. The van der Waals surface area contributed by atoms with Gasteiger partial charge in [0.2, 0.25) is 0 Å². The number of nitrogens with one attached hydrogen (secondary N) is 3. The maximum absolute atomic E-state index is 11.7. The van der Waals surface area contributed by atoms with Gasteiger partial charge >= 0.3 is 5.69 Å². The van der Waals surface area contributed by atoms with Crippen LogP contribution in [0.4, 0.5) is 0 Å². The molecule has 102 valence electrons. The molecule has 2 aromatic heterocycles. The molecule has 0 atom stereocenters. The van der Waals surface area contributed by atoms with Crippen LogP contribution >= 0.6 is 0 Å². The van der Waals surface area contributed by atoms with Crippen LogP contribution in [0.25, 0.3) is 11.0 Å². The van der Waals surface area contributed by atoms with Crippen LogP contribution in [0.15, 0.2) is 33.9 Å². The van der Waals surface area contributed by atoms with Gasteiger partial charge in [-0.25, -0.2) is 9.78 Å². The molecule has 0 bridgehead atoms. The van der Waals surface area contributed by atoms with Crippen molar-refractivity contribution in [3.8, 4) is 0 Å². The van der Waals surface area contributed by atoms with Crippen molar-refractivity contribution in [1.29, 1.82) is 0 Å². The molecule has 2 heterocycles. The number of imidazole rings is 1. The Morgan fingerprint density at radius 2 is 1.85 bits per heavy atom. The van der Waals surface area contributed by atoms with Crippen molar-refractivity contribution in [3.05, 3.63) is 62.2 Å². The highest BCUT2D eigenvalue weighted by atomic mass is 16.2. The Bertz CT molecular complexity index is 840. The van der Waals surface area contributed by atoms with Crippen molar-refractivity contribution < 1.29 is 0 Å². The summed E-state index contributed by atoms with van der Waals surface area (Å²) in [5, 5.41) is 0. The van der Waals surface area contributed by atoms with Gasteiger partial charge in [-0.1, -0.05) is 12.1 Å². The summed E-state index contributed by atoms with van der Waals surface area (Å²) < 4.78 is 0. The Morgan fingerprint density at radius 3 is 2.60 bits per heavy atom. The van der Waals surface area contributed by atoms with Gasteiger partial charge in [0.15, 0.2) is 0 Å². The molecule has 3 rings (SSSR count). The molecule has 6 heteroatoms. The molecular weight excluding hydrogens is 256 g/mol. The fourth-order valence-electron chi connectivity index (χ4n) is 2.29. The Balaban J connectivity index is 1.86. The molecule has 0 aliphatic heterocycles. The smallest absolute Gasteiger partial charge is 0.325 e. The van der Waals surface area contributed by atoms with Crippen LogP contribution in [-0.2, 0) is 12.8 Å². The van der Waals surface area contributed by atoms with Crippen LogP contribution in [0.2, 0.25) is 0 Å². The predicted molar refractivity (Wildman–Crippen MR) is 75.9 cm³/mol. The molecule has 0 radical (unpaired) electrons. The van der Waals surface area contributed by atoms with E-state index in [0.717, 1.165) is 16.9 Å². The van der Waals surface area contributed by atoms with E-state index in [1.807, 2.05) is 24.3 Å². The average Bonchev–Trinajstić information content (AvgIpc) is 2.80. The molecule has 6 nitrogen and oxygen atoms in total. The lowest BCUT2D eigenvalue weighted by molar-refractivity contribution is 0.838. The SMILES string of the molecule is Cc1[nH]c(=O)[nH]c(=O)c1CCc1nc2ccccc2[nH]1. The van der Waals surface area contributed by atoms with E-state index in [0.29, 0.717) is 24.1 Å². The molecule has 20 heavy (non-hydrogen) atoms. The fraction of sp³-hybridized carbons (Fsp3) is 0.214. The number of H-pyrrole nitrogens is 3. The zero-order valence-electron chi connectivity index (χ0n) is 11.0. The van der Waals surface area contributed by atoms with E-state index >= 15 is 0 Å². The molecule has 0 aliphatic carbocycles. The number of aromatic nitrogens is 4. The summed E-state index contributed by atoms with van der Waals surface area (Å²) >= 11 is 0. The molecule has 0 saturated carbocycles. The summed E-state index contributed by atoms with van der Waals surface area (Å²) in [7, 11) is 0. The topological polar surface area (TPSA) is 94.4 Å². The average molecular weight is 270 g/mol. The van der Waals surface area contributed by atoms with E-state index < -0.39 is 5.69 Å². The van der Waals surface area contributed by atoms with Crippen LogP contribution < -0.4 is 11.2 Å². The second-order valence-corrected chi connectivity index (χ2v) is 4.71. The number of nitrogens with zero attached hydrogens (tertiary/aromatic N) is 1. The summed E-state index contributed by atoms with van der Waals surface area (Å²) in [4.78, 5) is 35.4. The minimum atomic E-state index is -0.472. The third kappa shape index (κ3) is 2.27. The normalized spacial score (nSPS) is 11.1. The monoisotopic (exact) mass is 270 g/mol. The summed E-state index contributed by atoms with van der Waals surface area (Å²) in [6, 6.07) is 7.78. The fourth-order valence-corrected chi connectivity index (χ4v) is 2.29. The van der Waals surface area contributed by atoms with Crippen LogP contribution in [0, 0.1) is 6.92 Å². The lowest BCUT2D eigenvalue weighted by atomic mass is 10.1. The second kappa shape index (κ2) is 4.80. The first-order valence-electron chi connectivity index (χ1n) is 6.39. The van der Waals surface area contributed by atoms with Crippen LogP contribution in [0.3, 0.4) is 0 Å². The highest BCUT2D eigenvalue weighted by molar-refractivity contribution is 5.74. The van der Waals surface area contributed by atoms with Crippen molar-refractivity contribution in [2.75, 3.05) is 0 Å². The Kier molecular flexibility index (Phi) is 2.98. The van der Waals surface area contributed by atoms with E-state index in [2.05, 4.69) is 19.9 Å². The highest BCUT2D eigenvalue weighted by Crippen LogP contribution is 2.11. The molecule has 0 unspecified atom stereocenters. The van der Waals surface area contributed by atoms with E-state index in [4.69, 9.17) is 0 Å². The molecule has 0 aliphatic rings. The van der Waals surface area contributed by atoms with E-state index in [9.17, 15) is 9.59 Å². The molecule has 0 spiro atoms. The Morgan fingerprint density at radius 1 is 1.05 bits per heavy atom. The number of aromatic amines is 3. The molecule has 3 N–H and O–H groups in total. The van der Waals surface area contributed by atoms with Crippen molar-refractivity contribution in [3.63, 3.8) is 0 Å². The van der Waals surface area contributed by atoms with Gasteiger partial charge in [0.05, 0.1) is 11.0 Å². The number of rotatable bonds is 3. The molecule has 3 aromatic rings. The largest absolute Gasteiger partial charge is 0.342 e. The lowest BCUT2D eigenvalue weighted by Gasteiger charge is -2.02. The van der Waals surface area contributed by atoms with Crippen LogP contribution in [0.1, 0.15) is 17.1 Å². The summed E-state index contributed by atoms with van der Waals surface area (Å²) in [6.45, 7) is 1.73. The molecule has 0 fully saturated rings. The van der Waals surface area contributed by atoms with Crippen molar-refractivity contribution in [1.82, 2.24) is 19.9 Å². The maximum Gasteiger partial charge on any atom is 0.325 e. The van der Waals surface area contributed by atoms with Crippen LogP contribution in [-0.4, -0.2) is 19.9 Å². The van der Waals surface area contributed by atoms with Gasteiger partial charge in [-0.2, -0.15) is 0 Å². The zero-order chi connectivity index (χ0) is 14.1. The first kappa shape index (κ1) is 12.4. The third-order valence-electron chi connectivity index (χ3n) is 3.31. The quantitative estimate of drug-likeness (QED) is 0.663. The predicted octanol–water partition coefficient (Wildman–Crippen LogP) is 1.03. The number of aryl methyl sites for hydroxylation is 2. The number of fused-ring (bicyclic) bond motifs is 1. The number of hydrogen-bond donors (Lipinski definition) is 3. The minimum absolute atomic E-state index is 0.331. The van der Waals surface area contributed by atoms with Crippen molar-refractivity contribution >= 4 is 11.0 Å². The number of para-hydroxylation sites is 2. The molecule has 1 aromatic carbocycles. The van der Waals surface area contributed by atoms with E-state index in [1.54, 1.807) is 6.92 Å². The van der Waals surface area contributed by atoms with Gasteiger partial charge in [0.25, 0.3) is 5.56 Å². The summed E-state index contributed by atoms with van der Waals surface area (Å²) in [5.41, 5.74) is 2.28. The van der Waals surface area contributed by atoms with Gasteiger partial charge in [-0.05, 0) is 25.5 Å². The van der Waals surface area contributed by atoms with Crippen molar-refractivity contribution in [2.24, 2.45) is 0 Å². The standard InChI is InChI=1S/C14H14N4O2/c1-8-9(13(19)18-14(20)15-8)6-7-12-16-10-4-2-3-5-11(10)17-12/h2-5H,6-7H2,1H3,(H,16,17)(H2,15,18,19,20). The highest BCUT2D eigenvalue weighted by Gasteiger charge is 2.08. The van der Waals surface area contributed by atoms with E-state index in [-0.39, 0.29) is 5.56 Å². The molecule has 0 saturated heterocycles. The minimum Gasteiger partial charge on any atom is -0.342 e. The Hall–Kier alpha value is -2.63. The summed E-state index contributed by atoms with van der Waals surface area (Å²) in [5.74, 6) is 0.830. The summed E-state index contributed by atoms with van der Waals surface area (Å²) in [6.07, 6.45) is 1.14. The maximum atomic E-state index is 11.7. The first-order valence-corrected chi connectivity index (χ1v) is 6.39. The van der Waals surface area contributed by atoms with Gasteiger partial charge < -0.3 is 9.97 Å². The lowest BCUT2D eigenvalue weighted by Crippen LogP contribution is -2.27. The van der Waals surface area contributed by atoms with Crippen molar-refractivity contribution in [2.45, 2.75) is 19.8 Å². The number of benzene rings is 1. The number of hydrogen-bond acceptors (Lipinski definition) is 3. The van der Waals surface area contributed by atoms with Gasteiger partial charge in [0.1, 0.15) is 5.82 Å². The Labute approximate surface area is 113 Å². The molecular formula is C14H14N4O2. The molecule has 0 amide bonds. The van der Waals surface area contributed by atoms with Gasteiger partial charge in [-0.15, -0.1) is 0 Å². The first-order chi connectivity index (χ1) is 9.63. The van der Waals surface area contributed by atoms with Crippen LogP contribution in [0.5, 0.6) is 0 Å². The van der Waals surface area contributed by atoms with Gasteiger partial charge in [-0.3, -0.25) is 9.78 Å². The van der Waals surface area contributed by atoms with Gasteiger partial charge in [0, 0.05) is 17.7 Å². The second-order valence-electron chi connectivity index (χ2n) is 4.71. The zero-order valence-corrected chi connectivity index (χ0v) is 11.0. The van der Waals surface area contributed by atoms with E-state index in [1.165, 1.54) is 0 Å².